The summed E-state index contributed by atoms with van der Waals surface area (Å²) in [5.74, 6) is 0. The van der Waals surface area contributed by atoms with Gasteiger partial charge in [0.05, 0.1) is 0 Å². The molecule has 0 unspecified atom stereocenters. The summed E-state index contributed by atoms with van der Waals surface area (Å²) in [6, 6.07) is 5.72. The molecule has 0 aliphatic rings. The second-order valence-electron chi connectivity index (χ2n) is 1.98. The molecule has 0 saturated carbocycles. The minimum Gasteiger partial charge on any atom is -0.265 e. The van der Waals surface area contributed by atoms with Gasteiger partial charge < -0.3 is 0 Å². The number of halogens is 6. The molecule has 1 nitrogen and oxygen atoms in total. The average molecular weight is 247 g/mol. The Morgan fingerprint density at radius 3 is 1.07 bits per heavy atom. The number of rotatable bonds is 0. The van der Waals surface area contributed by atoms with Gasteiger partial charge in [0.15, 0.2) is 0 Å². The Bertz CT molecular complexity index is 218. The molecule has 0 aliphatic heterocycles. The van der Waals surface area contributed by atoms with Crippen LogP contribution in [-0.2, 0) is 0 Å². The summed E-state index contributed by atoms with van der Waals surface area (Å²) in [4.78, 5) is 3.78. The van der Waals surface area contributed by atoms with Gasteiger partial charge in [0.25, 0.3) is 0 Å². The number of aromatic nitrogens is 1. The van der Waals surface area contributed by atoms with Crippen molar-refractivity contribution in [1.29, 1.82) is 0 Å². The molecule has 78 valence electrons. The summed E-state index contributed by atoms with van der Waals surface area (Å²) in [7, 11) is -10.7. The molecule has 0 fully saturated rings. The Kier molecular flexibility index (Phi) is 5.15. The Balaban J connectivity index is 0. The molecule has 1 aromatic heterocycles. The van der Waals surface area contributed by atoms with Crippen molar-refractivity contribution in [2.75, 3.05) is 0 Å². The molecule has 0 amide bonds. The predicted octanol–water partition coefficient (Wildman–Crippen LogP) is 1.47. The molecule has 0 aromatic carbocycles. The molecule has 0 radical (unpaired) electrons. The van der Waals surface area contributed by atoms with E-state index in [0.29, 0.717) is 0 Å². The van der Waals surface area contributed by atoms with Gasteiger partial charge >= 0.3 is 62.5 Å². The van der Waals surface area contributed by atoms with Crippen LogP contribution in [0.15, 0.2) is 30.6 Å². The summed E-state index contributed by atoms with van der Waals surface area (Å²) < 4.78 is 59.2. The van der Waals surface area contributed by atoms with E-state index in [2.05, 4.69) is 4.98 Å². The third kappa shape index (κ3) is 39.9. The van der Waals surface area contributed by atoms with E-state index in [1.165, 1.54) is 0 Å². The van der Waals surface area contributed by atoms with Gasteiger partial charge in [-0.3, -0.25) is 4.98 Å². The molecule has 0 aliphatic carbocycles. The van der Waals surface area contributed by atoms with Crippen molar-refractivity contribution in [3.05, 3.63) is 30.6 Å². The smallest absolute Gasteiger partial charge is 0.265 e. The fraction of sp³-hybridized carbons (Fsp3) is 0. The van der Waals surface area contributed by atoms with Crippen molar-refractivity contribution in [3.8, 4) is 0 Å². The van der Waals surface area contributed by atoms with E-state index >= 15 is 0 Å². The monoisotopic (exact) mass is 247 g/mol. The molecule has 0 spiro atoms. The van der Waals surface area contributed by atoms with Gasteiger partial charge in [-0.1, -0.05) is 6.07 Å². The Labute approximate surface area is 98.1 Å². The van der Waals surface area contributed by atoms with Crippen molar-refractivity contribution in [2.45, 2.75) is 0 Å². The minimum atomic E-state index is -10.7. The summed E-state index contributed by atoms with van der Waals surface area (Å²) in [5, 5.41) is 0. The maximum absolute atomic E-state index is 10.7. The molecular formula is C5H5F6NNaP. The Morgan fingerprint density at radius 2 is 1.00 bits per heavy atom. The van der Waals surface area contributed by atoms with E-state index in [-0.39, 0.29) is 29.6 Å². The van der Waals surface area contributed by atoms with E-state index in [1.807, 2.05) is 18.2 Å². The zero-order valence-electron chi connectivity index (χ0n) is 7.05. The molecule has 9 heteroatoms. The van der Waals surface area contributed by atoms with Crippen LogP contribution in [0.2, 0.25) is 0 Å². The fourth-order valence-electron chi connectivity index (χ4n) is 0.313. The van der Waals surface area contributed by atoms with E-state index in [0.717, 1.165) is 0 Å². The molecule has 0 atom stereocenters. The third-order valence-electron chi connectivity index (χ3n) is 0.566. The van der Waals surface area contributed by atoms with E-state index in [1.54, 1.807) is 12.4 Å². The maximum atomic E-state index is 9.87. The molecule has 0 bridgehead atoms. The first kappa shape index (κ1) is 16.6. The second kappa shape index (κ2) is 4.35. The van der Waals surface area contributed by atoms with Crippen LogP contribution in [0.5, 0.6) is 0 Å². The van der Waals surface area contributed by atoms with Crippen LogP contribution in [0.25, 0.3) is 0 Å². The molecule has 0 saturated heterocycles. The first-order valence-electron chi connectivity index (χ1n) is 2.86. The van der Waals surface area contributed by atoms with Gasteiger partial charge in [-0.2, -0.15) is 0 Å². The van der Waals surface area contributed by atoms with E-state index in [4.69, 9.17) is 0 Å². The van der Waals surface area contributed by atoms with Gasteiger partial charge in [-0.25, -0.2) is 0 Å². The summed E-state index contributed by atoms with van der Waals surface area (Å²) in [5.41, 5.74) is 0. The summed E-state index contributed by atoms with van der Waals surface area (Å²) >= 11 is 0. The molecule has 1 rings (SSSR count). The summed E-state index contributed by atoms with van der Waals surface area (Å²) in [6.07, 6.45) is 3.50. The minimum absolute atomic E-state index is 0. The number of nitrogens with zero attached hydrogens (tertiary/aromatic N) is 1. The SMILES string of the molecule is F[P-](F)(F)(F)(F)F.[Na+].c1ccncc1. The quantitative estimate of drug-likeness (QED) is 0.384. The molecular weight excluding hydrogens is 242 g/mol. The zero-order valence-corrected chi connectivity index (χ0v) is 9.94. The van der Waals surface area contributed by atoms with Crippen LogP contribution in [0, 0.1) is 0 Å². The van der Waals surface area contributed by atoms with Crippen LogP contribution in [0.1, 0.15) is 0 Å². The van der Waals surface area contributed by atoms with Gasteiger partial charge in [0, 0.05) is 12.4 Å². The number of hydrogen-bond donors (Lipinski definition) is 0. The maximum Gasteiger partial charge on any atom is 1.00 e. The Morgan fingerprint density at radius 1 is 0.714 bits per heavy atom. The van der Waals surface area contributed by atoms with Crippen LogP contribution in [-0.4, -0.2) is 4.98 Å². The fourth-order valence-corrected chi connectivity index (χ4v) is 0.313. The van der Waals surface area contributed by atoms with Gasteiger partial charge in [-0.05, 0) is 12.1 Å². The van der Waals surface area contributed by atoms with Gasteiger partial charge in [0.2, 0.25) is 0 Å². The number of hydrogen-bond acceptors (Lipinski definition) is 1. The first-order chi connectivity index (χ1) is 5.45. The van der Waals surface area contributed by atoms with Crippen molar-refractivity contribution >= 4 is 7.81 Å². The number of pyridine rings is 1. The predicted molar refractivity (Wildman–Crippen MR) is 37.8 cm³/mol. The Hall–Kier alpha value is 0.160. The molecule has 1 heterocycles. The van der Waals surface area contributed by atoms with Crippen molar-refractivity contribution < 1.29 is 54.7 Å². The van der Waals surface area contributed by atoms with Crippen molar-refractivity contribution in [1.82, 2.24) is 4.98 Å². The largest absolute Gasteiger partial charge is 1.00 e. The molecule has 1 aromatic rings. The first-order valence-corrected chi connectivity index (χ1v) is 4.89. The van der Waals surface area contributed by atoms with E-state index < -0.39 is 7.81 Å². The second-order valence-corrected chi connectivity index (χ2v) is 3.90. The standard InChI is InChI=1S/C5H5N.F6P.Na/c1-2-4-6-5-3-1;1-7(2,3,4,5)6;/h1-5H;;/q;-1;+1. The molecule has 14 heavy (non-hydrogen) atoms. The zero-order chi connectivity index (χ0) is 10.7. The average Bonchev–Trinajstić information content (AvgIpc) is 1.84. The van der Waals surface area contributed by atoms with Crippen molar-refractivity contribution in [3.63, 3.8) is 0 Å². The van der Waals surface area contributed by atoms with E-state index in [9.17, 15) is 25.2 Å². The summed E-state index contributed by atoms with van der Waals surface area (Å²) in [6.45, 7) is 0. The van der Waals surface area contributed by atoms with Crippen LogP contribution in [0.4, 0.5) is 25.2 Å². The van der Waals surface area contributed by atoms with Crippen molar-refractivity contribution in [2.24, 2.45) is 0 Å². The van der Waals surface area contributed by atoms with Gasteiger partial charge in [0.1, 0.15) is 0 Å². The third-order valence-corrected chi connectivity index (χ3v) is 0.566. The van der Waals surface area contributed by atoms with Crippen LogP contribution < -0.4 is 29.6 Å². The normalized spacial score (nSPS) is 15.0. The molecule has 0 N–H and O–H groups in total. The van der Waals surface area contributed by atoms with Crippen LogP contribution >= 0.6 is 7.81 Å². The van der Waals surface area contributed by atoms with Gasteiger partial charge in [-0.15, -0.1) is 0 Å². The topological polar surface area (TPSA) is 12.9 Å². The van der Waals surface area contributed by atoms with Crippen LogP contribution in [0.3, 0.4) is 0 Å².